The van der Waals surface area contributed by atoms with Crippen molar-refractivity contribution < 1.29 is 4.92 Å². The summed E-state index contributed by atoms with van der Waals surface area (Å²) in [6.07, 6.45) is 0. The number of hydrogen-bond acceptors (Lipinski definition) is 3. The molecule has 0 atom stereocenters. The standard InChI is InChI=1S/C8H3I2NO2S/c9-4-1-2-6-7(8(4)10)5(3-14-6)11(12)13/h1-3H. The number of nitro groups is 1. The molecule has 0 saturated carbocycles. The Morgan fingerprint density at radius 2 is 2.07 bits per heavy atom. The average Bonchev–Trinajstić information content (AvgIpc) is 2.55. The highest BCUT2D eigenvalue weighted by Gasteiger charge is 2.17. The number of hydrogen-bond donors (Lipinski definition) is 0. The van der Waals surface area contributed by atoms with Gasteiger partial charge in [-0.15, -0.1) is 11.3 Å². The van der Waals surface area contributed by atoms with Gasteiger partial charge in [0.2, 0.25) is 0 Å². The molecular formula is C8H3I2NO2S. The quantitative estimate of drug-likeness (QED) is 0.389. The SMILES string of the molecule is O=[N+]([O-])c1csc2ccc(I)c(I)c12. The molecule has 2 aromatic rings. The molecule has 0 unspecified atom stereocenters. The van der Waals surface area contributed by atoms with Gasteiger partial charge in [0.1, 0.15) is 0 Å². The van der Waals surface area contributed by atoms with Gasteiger partial charge in [-0.3, -0.25) is 10.1 Å². The first-order chi connectivity index (χ1) is 6.61. The third kappa shape index (κ3) is 1.63. The van der Waals surface area contributed by atoms with Gasteiger partial charge in [0.05, 0.1) is 15.7 Å². The Balaban J connectivity index is 2.89. The van der Waals surface area contributed by atoms with Crippen LogP contribution in [0.25, 0.3) is 10.1 Å². The van der Waals surface area contributed by atoms with E-state index in [9.17, 15) is 10.1 Å². The molecule has 0 aliphatic rings. The Morgan fingerprint density at radius 1 is 1.36 bits per heavy atom. The maximum atomic E-state index is 10.7. The largest absolute Gasteiger partial charge is 0.288 e. The van der Waals surface area contributed by atoms with Crippen LogP contribution < -0.4 is 0 Å². The van der Waals surface area contributed by atoms with E-state index in [-0.39, 0.29) is 10.6 Å². The van der Waals surface area contributed by atoms with Crippen LogP contribution in [0.15, 0.2) is 17.5 Å². The Hall–Kier alpha value is 0.0400. The summed E-state index contributed by atoms with van der Waals surface area (Å²) in [6.45, 7) is 0. The third-order valence-electron chi connectivity index (χ3n) is 1.81. The first-order valence-electron chi connectivity index (χ1n) is 3.61. The van der Waals surface area contributed by atoms with E-state index < -0.39 is 0 Å². The molecule has 0 spiro atoms. The first kappa shape index (κ1) is 10.6. The first-order valence-corrected chi connectivity index (χ1v) is 6.64. The zero-order valence-corrected chi connectivity index (χ0v) is 11.8. The normalized spacial score (nSPS) is 10.7. The summed E-state index contributed by atoms with van der Waals surface area (Å²) in [6, 6.07) is 3.90. The fourth-order valence-corrected chi connectivity index (χ4v) is 3.48. The number of rotatable bonds is 1. The highest BCUT2D eigenvalue weighted by molar-refractivity contribution is 14.1. The zero-order chi connectivity index (χ0) is 10.3. The molecule has 1 heterocycles. The van der Waals surface area contributed by atoms with Crippen LogP contribution in [-0.4, -0.2) is 4.92 Å². The lowest BCUT2D eigenvalue weighted by atomic mass is 10.2. The summed E-state index contributed by atoms with van der Waals surface area (Å²) in [7, 11) is 0. The van der Waals surface area contributed by atoms with Gasteiger partial charge >= 0.3 is 0 Å². The number of halogens is 2. The fraction of sp³-hybridized carbons (Fsp3) is 0. The molecule has 14 heavy (non-hydrogen) atoms. The summed E-state index contributed by atoms with van der Waals surface area (Å²) in [5.41, 5.74) is 0.216. The predicted octanol–water partition coefficient (Wildman–Crippen LogP) is 4.02. The molecule has 0 bridgehead atoms. The second kappa shape index (κ2) is 3.89. The highest BCUT2D eigenvalue weighted by Crippen LogP contribution is 2.36. The van der Waals surface area contributed by atoms with Crippen LogP contribution in [0.5, 0.6) is 0 Å². The van der Waals surface area contributed by atoms with E-state index in [1.165, 1.54) is 11.3 Å². The van der Waals surface area contributed by atoms with Crippen molar-refractivity contribution in [2.24, 2.45) is 0 Å². The summed E-state index contributed by atoms with van der Waals surface area (Å²) in [4.78, 5) is 10.4. The van der Waals surface area contributed by atoms with Crippen LogP contribution in [-0.2, 0) is 0 Å². The smallest absolute Gasteiger partial charge is 0.258 e. The van der Waals surface area contributed by atoms with Crippen molar-refractivity contribution in [3.8, 4) is 0 Å². The van der Waals surface area contributed by atoms with Crippen LogP contribution in [0.3, 0.4) is 0 Å². The molecule has 0 amide bonds. The van der Waals surface area contributed by atoms with Crippen molar-refractivity contribution in [2.75, 3.05) is 0 Å². The summed E-state index contributed by atoms with van der Waals surface area (Å²) < 4.78 is 2.99. The third-order valence-corrected chi connectivity index (χ3v) is 5.79. The maximum absolute atomic E-state index is 10.7. The minimum Gasteiger partial charge on any atom is -0.258 e. The number of nitrogens with zero attached hydrogens (tertiary/aromatic N) is 1. The molecule has 0 N–H and O–H groups in total. The van der Waals surface area contributed by atoms with Crippen molar-refractivity contribution >= 4 is 72.3 Å². The van der Waals surface area contributed by atoms with E-state index in [0.29, 0.717) is 0 Å². The topological polar surface area (TPSA) is 43.1 Å². The lowest BCUT2D eigenvalue weighted by Crippen LogP contribution is -1.88. The molecule has 0 saturated heterocycles. The van der Waals surface area contributed by atoms with Crippen LogP contribution in [0.1, 0.15) is 0 Å². The van der Waals surface area contributed by atoms with Gasteiger partial charge in [0.15, 0.2) is 0 Å². The molecule has 1 aromatic heterocycles. The van der Waals surface area contributed by atoms with Crippen molar-refractivity contribution in [3.05, 3.63) is 34.8 Å². The van der Waals surface area contributed by atoms with Gasteiger partial charge in [0, 0.05) is 11.8 Å². The average molecular weight is 431 g/mol. The van der Waals surface area contributed by atoms with Gasteiger partial charge in [0.25, 0.3) is 5.69 Å². The molecule has 1 aromatic carbocycles. The summed E-state index contributed by atoms with van der Waals surface area (Å²) >= 11 is 5.75. The van der Waals surface area contributed by atoms with Crippen molar-refractivity contribution in [1.29, 1.82) is 0 Å². The molecule has 2 rings (SSSR count). The van der Waals surface area contributed by atoms with E-state index in [0.717, 1.165) is 17.2 Å². The van der Waals surface area contributed by atoms with Crippen molar-refractivity contribution in [3.63, 3.8) is 0 Å². The van der Waals surface area contributed by atoms with E-state index in [1.54, 1.807) is 5.38 Å². The van der Waals surface area contributed by atoms with Gasteiger partial charge < -0.3 is 0 Å². The minimum atomic E-state index is -0.322. The van der Waals surface area contributed by atoms with Gasteiger partial charge in [-0.05, 0) is 57.3 Å². The molecular weight excluding hydrogens is 428 g/mol. The van der Waals surface area contributed by atoms with Crippen LogP contribution >= 0.6 is 56.5 Å². The van der Waals surface area contributed by atoms with Crippen LogP contribution in [0, 0.1) is 17.3 Å². The highest BCUT2D eigenvalue weighted by atomic mass is 127. The van der Waals surface area contributed by atoms with E-state index in [4.69, 9.17) is 0 Å². The van der Waals surface area contributed by atoms with Gasteiger partial charge in [-0.25, -0.2) is 0 Å². The minimum absolute atomic E-state index is 0.216. The maximum Gasteiger partial charge on any atom is 0.288 e. The second-order valence-corrected chi connectivity index (χ2v) is 5.76. The number of thiophene rings is 1. The molecule has 6 heteroatoms. The predicted molar refractivity (Wildman–Crippen MR) is 73.9 cm³/mol. The van der Waals surface area contributed by atoms with Crippen molar-refractivity contribution in [2.45, 2.75) is 0 Å². The number of benzene rings is 1. The molecule has 0 aliphatic carbocycles. The molecule has 0 radical (unpaired) electrons. The van der Waals surface area contributed by atoms with Crippen molar-refractivity contribution in [1.82, 2.24) is 0 Å². The molecule has 0 aliphatic heterocycles. The van der Waals surface area contributed by atoms with Crippen LogP contribution in [0.2, 0.25) is 0 Å². The second-order valence-electron chi connectivity index (χ2n) is 2.61. The molecule has 3 nitrogen and oxygen atoms in total. The number of fused-ring (bicyclic) bond motifs is 1. The van der Waals surface area contributed by atoms with E-state index in [2.05, 4.69) is 45.2 Å². The van der Waals surface area contributed by atoms with Gasteiger partial charge in [-0.1, -0.05) is 0 Å². The Labute approximate surface area is 111 Å². The van der Waals surface area contributed by atoms with E-state index >= 15 is 0 Å². The molecule has 0 fully saturated rings. The zero-order valence-electron chi connectivity index (χ0n) is 6.66. The van der Waals surface area contributed by atoms with E-state index in [1.807, 2.05) is 12.1 Å². The lowest BCUT2D eigenvalue weighted by molar-refractivity contribution is -0.382. The fourth-order valence-electron chi connectivity index (χ4n) is 1.18. The summed E-state index contributed by atoms with van der Waals surface area (Å²) in [5, 5.41) is 13.1. The Morgan fingerprint density at radius 3 is 2.71 bits per heavy atom. The lowest BCUT2D eigenvalue weighted by Gasteiger charge is -1.97. The monoisotopic (exact) mass is 431 g/mol. The Bertz CT molecular complexity index is 523. The van der Waals surface area contributed by atoms with Crippen LogP contribution in [0.4, 0.5) is 5.69 Å². The Kier molecular flexibility index (Phi) is 2.93. The molecule has 72 valence electrons. The summed E-state index contributed by atoms with van der Waals surface area (Å²) in [5.74, 6) is 0. The van der Waals surface area contributed by atoms with Gasteiger partial charge in [-0.2, -0.15) is 0 Å².